The molecule has 14 nitrogen and oxygen atoms in total. The molecule has 0 unspecified atom stereocenters. The van der Waals surface area contributed by atoms with Crippen LogP contribution in [0.2, 0.25) is 0 Å². The number of rotatable bonds is 17. The molecule has 0 spiro atoms. The number of ether oxygens (including phenoxy) is 4. The molecule has 0 aromatic carbocycles. The van der Waals surface area contributed by atoms with E-state index in [-0.39, 0.29) is 23.8 Å². The summed E-state index contributed by atoms with van der Waals surface area (Å²) in [5.74, 6) is -11.3. The van der Waals surface area contributed by atoms with Crippen molar-refractivity contribution in [2.75, 3.05) is 0 Å². The van der Waals surface area contributed by atoms with Gasteiger partial charge in [-0.1, -0.05) is 52.8 Å². The Labute approximate surface area is 281 Å². The van der Waals surface area contributed by atoms with Gasteiger partial charge in [-0.05, 0) is 48.1 Å². The zero-order valence-corrected chi connectivity index (χ0v) is 28.3. The molecule has 0 saturated carbocycles. The molecule has 10 atom stereocenters. The van der Waals surface area contributed by atoms with E-state index < -0.39 is 77.7 Å². The topological polar surface area (TPSA) is 223 Å². The number of fused-ring (bicyclic) bond motifs is 2. The maximum absolute atomic E-state index is 13.0. The first-order chi connectivity index (χ1) is 22.4. The molecule has 2 aliphatic rings. The van der Waals surface area contributed by atoms with Crippen molar-refractivity contribution in [3.8, 4) is 0 Å². The molecule has 2 bridgehead atoms. The van der Waals surface area contributed by atoms with Crippen LogP contribution in [0.15, 0.2) is 41.8 Å². The van der Waals surface area contributed by atoms with Gasteiger partial charge in [0.15, 0.2) is 6.10 Å². The van der Waals surface area contributed by atoms with Crippen LogP contribution in [0.3, 0.4) is 0 Å². The van der Waals surface area contributed by atoms with Crippen molar-refractivity contribution in [3.63, 3.8) is 0 Å². The second-order valence-corrected chi connectivity index (χ2v) is 13.7. The molecule has 3 rings (SSSR count). The molecule has 0 amide bonds. The van der Waals surface area contributed by atoms with Gasteiger partial charge in [-0.15, -0.1) is 11.3 Å². The highest BCUT2D eigenvalue weighted by molar-refractivity contribution is 7.09. The van der Waals surface area contributed by atoms with E-state index in [0.29, 0.717) is 18.8 Å². The summed E-state index contributed by atoms with van der Waals surface area (Å²) in [5.41, 5.74) is -7.18. The van der Waals surface area contributed by atoms with E-state index >= 15 is 0 Å². The van der Waals surface area contributed by atoms with Crippen LogP contribution in [-0.2, 0) is 49.3 Å². The van der Waals surface area contributed by atoms with Crippen molar-refractivity contribution in [2.24, 2.45) is 17.8 Å². The molecule has 3 heterocycles. The fourth-order valence-corrected chi connectivity index (χ4v) is 7.19. The van der Waals surface area contributed by atoms with E-state index in [1.54, 1.807) is 0 Å². The van der Waals surface area contributed by atoms with Gasteiger partial charge in [0.25, 0.3) is 0 Å². The number of aliphatic hydroxyl groups is 2. The molecule has 0 radical (unpaired) electrons. The average molecular weight is 697 g/mol. The zero-order valence-electron chi connectivity index (χ0n) is 27.5. The first-order valence-electron chi connectivity index (χ1n) is 15.6. The van der Waals surface area contributed by atoms with Crippen molar-refractivity contribution in [3.05, 3.63) is 46.7 Å². The summed E-state index contributed by atoms with van der Waals surface area (Å²) in [6, 6.07) is 3.76. The average Bonchev–Trinajstić information content (AvgIpc) is 3.59. The Bertz CT molecular complexity index is 1410. The van der Waals surface area contributed by atoms with Crippen LogP contribution in [0.4, 0.5) is 0 Å². The highest BCUT2D eigenvalue weighted by Crippen LogP contribution is 2.56. The van der Waals surface area contributed by atoms with E-state index in [1.165, 1.54) is 24.3 Å². The fourth-order valence-electron chi connectivity index (χ4n) is 6.34. The lowest BCUT2D eigenvalue weighted by molar-refractivity contribution is -0.374. The van der Waals surface area contributed by atoms with Gasteiger partial charge >= 0.3 is 29.8 Å². The Balaban J connectivity index is 2.02. The van der Waals surface area contributed by atoms with Crippen LogP contribution in [-0.4, -0.2) is 96.8 Å². The number of carbonyl (C=O) groups excluding carboxylic acids is 2. The van der Waals surface area contributed by atoms with Crippen LogP contribution in [0.1, 0.15) is 65.2 Å². The molecule has 2 saturated heterocycles. The second-order valence-electron chi connectivity index (χ2n) is 12.7. The Morgan fingerprint density at radius 1 is 1.12 bits per heavy atom. The highest BCUT2D eigenvalue weighted by Gasteiger charge is 2.85. The second kappa shape index (κ2) is 15.3. The van der Waals surface area contributed by atoms with Crippen molar-refractivity contribution >= 4 is 41.2 Å². The predicted octanol–water partition coefficient (Wildman–Crippen LogP) is 2.95. The van der Waals surface area contributed by atoms with Crippen molar-refractivity contribution in [1.29, 1.82) is 0 Å². The molecule has 1 aromatic rings. The third kappa shape index (κ3) is 7.49. The normalized spacial score (nSPS) is 30.6. The Morgan fingerprint density at radius 3 is 2.31 bits per heavy atom. The van der Waals surface area contributed by atoms with Gasteiger partial charge in [-0.3, -0.25) is 4.79 Å². The van der Waals surface area contributed by atoms with Crippen LogP contribution in [0, 0.1) is 17.8 Å². The minimum absolute atomic E-state index is 0.120. The summed E-state index contributed by atoms with van der Waals surface area (Å²) in [6.45, 7) is 12.9. The number of carboxylic acids is 3. The third-order valence-corrected chi connectivity index (χ3v) is 9.89. The molecular weight excluding hydrogens is 652 g/mol. The maximum atomic E-state index is 13.0. The molecule has 15 heteroatoms. The van der Waals surface area contributed by atoms with E-state index in [0.717, 1.165) is 17.4 Å². The summed E-state index contributed by atoms with van der Waals surface area (Å²) < 4.78 is 22.0. The largest absolute Gasteiger partial charge is 0.479 e. The fraction of sp³-hybridized carbons (Fsp3) is 0.606. The van der Waals surface area contributed by atoms with Gasteiger partial charge in [-0.25, -0.2) is 19.2 Å². The lowest BCUT2D eigenvalue weighted by atomic mass is 9.74. The number of aliphatic carboxylic acids is 3. The number of hydrogen-bond donors (Lipinski definition) is 5. The third-order valence-electron chi connectivity index (χ3n) is 8.99. The smallest absolute Gasteiger partial charge is 0.344 e. The van der Waals surface area contributed by atoms with Gasteiger partial charge in [0.1, 0.15) is 12.2 Å². The molecule has 5 N–H and O–H groups in total. The molecule has 1 aromatic heterocycles. The van der Waals surface area contributed by atoms with Gasteiger partial charge in [0, 0.05) is 30.2 Å². The summed E-state index contributed by atoms with van der Waals surface area (Å²) in [5, 5.41) is 55.3. The molecule has 0 aliphatic carbocycles. The molecule has 2 fully saturated rings. The lowest BCUT2D eigenvalue weighted by Gasteiger charge is -2.48. The first-order valence-corrected chi connectivity index (χ1v) is 16.5. The zero-order chi connectivity index (χ0) is 36.2. The van der Waals surface area contributed by atoms with Crippen LogP contribution < -0.4 is 0 Å². The Morgan fingerprint density at radius 2 is 1.79 bits per heavy atom. The number of carboxylic acid groups (broad SMARTS) is 3. The predicted molar refractivity (Wildman–Crippen MR) is 169 cm³/mol. The quantitative estimate of drug-likeness (QED) is 0.0898. The van der Waals surface area contributed by atoms with E-state index in [4.69, 9.17) is 18.9 Å². The SMILES string of the molecule is C=C(CC[C@@]12O[C@H](C(=O)O)[C@@](O)(C(=O)O)[C@@](C(=O)O)(O1)[C@H](OC(=O)/C=C/[C@@H](C)C[C@@H](C)CC)[C@H]2O)[C@@H](OC(C)=O)[C@H](C)Cc1cccs1. The van der Waals surface area contributed by atoms with E-state index in [2.05, 4.69) is 6.58 Å². The van der Waals surface area contributed by atoms with Crippen LogP contribution in [0.5, 0.6) is 0 Å². The number of hydrogen-bond acceptors (Lipinski definition) is 12. The van der Waals surface area contributed by atoms with Gasteiger partial charge in [0.2, 0.25) is 23.1 Å². The van der Waals surface area contributed by atoms with Crippen molar-refractivity contribution in [1.82, 2.24) is 0 Å². The van der Waals surface area contributed by atoms with Gasteiger partial charge < -0.3 is 44.5 Å². The maximum Gasteiger partial charge on any atom is 0.344 e. The standard InChI is InChI=1S/C33H44O14S/c1-7-17(2)15-18(3)10-11-23(35)45-26-25(36)31(46-27(28(37)38)32(43,29(39)40)33(26,47-31)30(41)42)13-12-19(4)24(44-21(6)34)20(5)16-22-9-8-14-48-22/h8-11,14,17-18,20,24-27,36,43H,4,7,12-13,15-16H2,1-3,5-6H3,(H,37,38)(H,39,40)(H,41,42)/b11-10+/t17-,18+,20+,24+,25+,26+,27+,31+,32+,33+/m0/s1. The Kier molecular flexibility index (Phi) is 12.4. The molecule has 2 aliphatic heterocycles. The number of thiophene rings is 1. The van der Waals surface area contributed by atoms with Crippen LogP contribution in [0.25, 0.3) is 0 Å². The van der Waals surface area contributed by atoms with Crippen molar-refractivity contribution < 1.29 is 68.5 Å². The summed E-state index contributed by atoms with van der Waals surface area (Å²) in [7, 11) is 0. The van der Waals surface area contributed by atoms with Crippen LogP contribution >= 0.6 is 11.3 Å². The molecule has 48 heavy (non-hydrogen) atoms. The van der Waals surface area contributed by atoms with E-state index in [9.17, 15) is 49.5 Å². The number of esters is 2. The highest BCUT2D eigenvalue weighted by atomic mass is 32.1. The number of carbonyl (C=O) groups is 5. The molecule has 266 valence electrons. The summed E-state index contributed by atoms with van der Waals surface area (Å²) in [6.07, 6.45) is -4.73. The van der Waals surface area contributed by atoms with Crippen molar-refractivity contribution in [2.45, 2.75) is 108 Å². The number of aliphatic hydroxyl groups excluding tert-OH is 1. The number of allylic oxidation sites excluding steroid dienone is 1. The summed E-state index contributed by atoms with van der Waals surface area (Å²) >= 11 is 1.49. The summed E-state index contributed by atoms with van der Waals surface area (Å²) in [4.78, 5) is 63.8. The van der Waals surface area contributed by atoms with Gasteiger partial charge in [-0.2, -0.15) is 0 Å². The minimum atomic E-state index is -3.89. The Hall–Kier alpha value is -3.63. The minimum Gasteiger partial charge on any atom is -0.479 e. The lowest BCUT2D eigenvalue weighted by Crippen LogP contribution is -2.78. The van der Waals surface area contributed by atoms with E-state index in [1.807, 2.05) is 45.2 Å². The van der Waals surface area contributed by atoms with Gasteiger partial charge in [0.05, 0.1) is 0 Å². The molecular formula is C33H44O14S. The monoisotopic (exact) mass is 696 g/mol. The first kappa shape index (κ1) is 38.8.